The molecule has 0 bridgehead atoms. The Labute approximate surface area is 196 Å². The van der Waals surface area contributed by atoms with Crippen LogP contribution in [-0.2, 0) is 10.0 Å². The number of nitrogens with zero attached hydrogens (tertiary/aromatic N) is 1. The molecule has 6 nitrogen and oxygen atoms in total. The standard InChI is InChI=1S/C25H20ClNO5S/c1-15-4-6-18(7-5-15)25(29)27(33(30,31)21-11-8-19(26)9-12-21)20-10-13-23-22(14-20)24(16(2)28)17(3)32-23/h4-14H,1-3H3. The maximum atomic E-state index is 13.7. The fourth-order valence-corrected chi connectivity index (χ4v) is 5.19. The number of furan rings is 1. The fraction of sp³-hybridized carbons (Fsp3) is 0.120. The van der Waals surface area contributed by atoms with Crippen molar-refractivity contribution in [2.75, 3.05) is 4.31 Å². The van der Waals surface area contributed by atoms with Crippen LogP contribution in [0.25, 0.3) is 11.0 Å². The molecule has 0 aliphatic heterocycles. The summed E-state index contributed by atoms with van der Waals surface area (Å²) in [5, 5.41) is 0.803. The van der Waals surface area contributed by atoms with Gasteiger partial charge < -0.3 is 4.42 Å². The van der Waals surface area contributed by atoms with Gasteiger partial charge in [0.05, 0.1) is 16.1 Å². The monoisotopic (exact) mass is 481 g/mol. The SMILES string of the molecule is CC(=O)c1c(C)oc2ccc(N(C(=O)c3ccc(C)cc3)S(=O)(=O)c3ccc(Cl)cc3)cc12. The van der Waals surface area contributed by atoms with E-state index in [1.165, 1.54) is 43.3 Å². The number of carbonyl (C=O) groups excluding carboxylic acids is 2. The molecule has 0 spiro atoms. The van der Waals surface area contributed by atoms with Gasteiger partial charge in [-0.2, -0.15) is 4.31 Å². The van der Waals surface area contributed by atoms with Crippen LogP contribution >= 0.6 is 11.6 Å². The van der Waals surface area contributed by atoms with Crippen molar-refractivity contribution in [3.8, 4) is 0 Å². The number of amides is 1. The van der Waals surface area contributed by atoms with Crippen molar-refractivity contribution in [1.82, 2.24) is 0 Å². The molecule has 4 aromatic rings. The average molecular weight is 482 g/mol. The topological polar surface area (TPSA) is 84.7 Å². The summed E-state index contributed by atoms with van der Waals surface area (Å²) in [5.74, 6) is -0.527. The molecule has 0 saturated carbocycles. The maximum absolute atomic E-state index is 13.7. The third-order valence-corrected chi connectivity index (χ3v) is 7.25. The Hall–Kier alpha value is -3.42. The molecule has 168 valence electrons. The van der Waals surface area contributed by atoms with E-state index in [1.54, 1.807) is 37.3 Å². The van der Waals surface area contributed by atoms with Crippen molar-refractivity contribution in [2.24, 2.45) is 0 Å². The van der Waals surface area contributed by atoms with Crippen LogP contribution in [0, 0.1) is 13.8 Å². The fourth-order valence-electron chi connectivity index (χ4n) is 3.66. The van der Waals surface area contributed by atoms with E-state index in [2.05, 4.69) is 0 Å². The zero-order valence-corrected chi connectivity index (χ0v) is 19.7. The molecule has 0 radical (unpaired) electrons. The number of ketones is 1. The van der Waals surface area contributed by atoms with Crippen molar-refractivity contribution in [2.45, 2.75) is 25.7 Å². The average Bonchev–Trinajstić information content (AvgIpc) is 3.09. The van der Waals surface area contributed by atoms with Gasteiger partial charge in [0.25, 0.3) is 15.9 Å². The molecule has 0 atom stereocenters. The molecule has 1 aromatic heterocycles. The molecular weight excluding hydrogens is 462 g/mol. The Morgan fingerprint density at radius 3 is 2.15 bits per heavy atom. The first-order valence-corrected chi connectivity index (χ1v) is 11.9. The van der Waals surface area contributed by atoms with Crippen LogP contribution in [0.3, 0.4) is 0 Å². The van der Waals surface area contributed by atoms with Crippen LogP contribution in [-0.4, -0.2) is 20.1 Å². The van der Waals surface area contributed by atoms with Gasteiger partial charge in [0.15, 0.2) is 5.78 Å². The number of halogens is 1. The number of hydrogen-bond acceptors (Lipinski definition) is 5. The lowest BCUT2D eigenvalue weighted by Gasteiger charge is -2.23. The van der Waals surface area contributed by atoms with E-state index in [1.807, 2.05) is 6.92 Å². The zero-order valence-electron chi connectivity index (χ0n) is 18.1. The number of sulfonamides is 1. The van der Waals surface area contributed by atoms with E-state index in [0.29, 0.717) is 27.3 Å². The molecule has 1 amide bonds. The van der Waals surface area contributed by atoms with Crippen LogP contribution in [0.1, 0.15) is 39.0 Å². The van der Waals surface area contributed by atoms with Crippen LogP contribution in [0.15, 0.2) is 76.0 Å². The summed E-state index contributed by atoms with van der Waals surface area (Å²) in [4.78, 5) is 25.6. The number of anilines is 1. The van der Waals surface area contributed by atoms with Gasteiger partial charge in [-0.1, -0.05) is 29.3 Å². The van der Waals surface area contributed by atoms with E-state index in [-0.39, 0.29) is 21.9 Å². The molecular formula is C25H20ClNO5S. The second-order valence-electron chi connectivity index (χ2n) is 7.66. The molecule has 8 heteroatoms. The van der Waals surface area contributed by atoms with Gasteiger partial charge in [0.1, 0.15) is 11.3 Å². The Morgan fingerprint density at radius 2 is 1.55 bits per heavy atom. The predicted octanol–water partition coefficient (Wildman–Crippen LogP) is 5.94. The molecule has 0 aliphatic carbocycles. The summed E-state index contributed by atoms with van der Waals surface area (Å²) in [6.45, 7) is 4.94. The summed E-state index contributed by atoms with van der Waals surface area (Å²) in [5.41, 5.74) is 1.99. The molecule has 1 heterocycles. The second-order valence-corrected chi connectivity index (χ2v) is 9.89. The summed E-state index contributed by atoms with van der Waals surface area (Å²) < 4.78 is 33.7. The molecule has 0 aliphatic rings. The van der Waals surface area contributed by atoms with Gasteiger partial charge in [0.2, 0.25) is 0 Å². The smallest absolute Gasteiger partial charge is 0.272 e. The first kappa shape index (κ1) is 22.8. The number of rotatable bonds is 5. The van der Waals surface area contributed by atoms with Crippen LogP contribution < -0.4 is 4.31 Å². The number of Topliss-reactive ketones (excluding diaryl/α,β-unsaturated/α-hetero) is 1. The Kier molecular flexibility index (Phi) is 5.86. The normalized spacial score (nSPS) is 11.5. The van der Waals surface area contributed by atoms with Crippen molar-refractivity contribution in [3.63, 3.8) is 0 Å². The van der Waals surface area contributed by atoms with Gasteiger partial charge in [-0.25, -0.2) is 8.42 Å². The zero-order chi connectivity index (χ0) is 23.9. The van der Waals surface area contributed by atoms with Crippen LogP contribution in [0.4, 0.5) is 5.69 Å². The predicted molar refractivity (Wildman–Crippen MR) is 128 cm³/mol. The molecule has 3 aromatic carbocycles. The number of hydrogen-bond donors (Lipinski definition) is 0. The van der Waals surface area contributed by atoms with Crippen molar-refractivity contribution >= 4 is 50.0 Å². The number of carbonyl (C=O) groups is 2. The van der Waals surface area contributed by atoms with Gasteiger partial charge in [-0.3, -0.25) is 9.59 Å². The Morgan fingerprint density at radius 1 is 0.909 bits per heavy atom. The van der Waals surface area contributed by atoms with E-state index < -0.39 is 15.9 Å². The quantitative estimate of drug-likeness (QED) is 0.329. The number of aryl methyl sites for hydroxylation is 2. The molecule has 0 saturated heterocycles. The van der Waals surface area contributed by atoms with Gasteiger partial charge in [0, 0.05) is 16.0 Å². The summed E-state index contributed by atoms with van der Waals surface area (Å²) >= 11 is 5.93. The number of benzene rings is 3. The van der Waals surface area contributed by atoms with Crippen LogP contribution in [0.5, 0.6) is 0 Å². The molecule has 4 rings (SSSR count). The lowest BCUT2D eigenvalue weighted by Crippen LogP contribution is -2.37. The van der Waals surface area contributed by atoms with E-state index in [4.69, 9.17) is 16.0 Å². The summed E-state index contributed by atoms with van der Waals surface area (Å²) in [7, 11) is -4.31. The highest BCUT2D eigenvalue weighted by Crippen LogP contribution is 2.33. The summed E-state index contributed by atoms with van der Waals surface area (Å²) in [6.07, 6.45) is 0. The lowest BCUT2D eigenvalue weighted by molar-refractivity contribution is 0.1000. The first-order valence-electron chi connectivity index (χ1n) is 10.1. The third kappa shape index (κ3) is 4.17. The maximum Gasteiger partial charge on any atom is 0.272 e. The van der Waals surface area contributed by atoms with E-state index in [9.17, 15) is 18.0 Å². The minimum absolute atomic E-state index is 0.0892. The largest absolute Gasteiger partial charge is 0.461 e. The van der Waals surface area contributed by atoms with E-state index in [0.717, 1.165) is 9.87 Å². The van der Waals surface area contributed by atoms with Gasteiger partial charge in [-0.05, 0) is 75.4 Å². The van der Waals surface area contributed by atoms with Crippen molar-refractivity contribution in [1.29, 1.82) is 0 Å². The molecule has 0 unspecified atom stereocenters. The Balaban J connectivity index is 1.95. The number of fused-ring (bicyclic) bond motifs is 1. The van der Waals surface area contributed by atoms with Crippen LogP contribution in [0.2, 0.25) is 5.02 Å². The van der Waals surface area contributed by atoms with Crippen molar-refractivity contribution in [3.05, 3.63) is 94.2 Å². The van der Waals surface area contributed by atoms with Gasteiger partial charge >= 0.3 is 0 Å². The molecule has 0 N–H and O–H groups in total. The highest BCUT2D eigenvalue weighted by atomic mass is 35.5. The van der Waals surface area contributed by atoms with E-state index >= 15 is 0 Å². The Bertz CT molecular complexity index is 1490. The minimum atomic E-state index is -4.31. The molecule has 0 fully saturated rings. The highest BCUT2D eigenvalue weighted by Gasteiger charge is 2.32. The first-order chi connectivity index (χ1) is 15.6. The third-order valence-electron chi connectivity index (χ3n) is 5.27. The minimum Gasteiger partial charge on any atom is -0.461 e. The van der Waals surface area contributed by atoms with Gasteiger partial charge in [-0.15, -0.1) is 0 Å². The lowest BCUT2D eigenvalue weighted by atomic mass is 10.1. The molecule has 33 heavy (non-hydrogen) atoms. The van der Waals surface area contributed by atoms with Crippen molar-refractivity contribution < 1.29 is 22.4 Å². The second kappa shape index (κ2) is 8.50. The summed E-state index contributed by atoms with van der Waals surface area (Å²) in [6, 6.07) is 16.7. The highest BCUT2D eigenvalue weighted by molar-refractivity contribution is 7.93.